The molecule has 37 heavy (non-hydrogen) atoms. The Morgan fingerprint density at radius 2 is 1.68 bits per heavy atom. The highest BCUT2D eigenvalue weighted by molar-refractivity contribution is 7.89. The van der Waals surface area contributed by atoms with Gasteiger partial charge in [-0.25, -0.2) is 8.42 Å². The second kappa shape index (κ2) is 10.2. The molecule has 0 bridgehead atoms. The number of aromatic nitrogens is 1. The van der Waals surface area contributed by atoms with E-state index in [1.807, 2.05) is 30.3 Å². The summed E-state index contributed by atoms with van der Waals surface area (Å²) in [6, 6.07) is 21.0. The first-order valence-electron chi connectivity index (χ1n) is 12.1. The van der Waals surface area contributed by atoms with E-state index < -0.39 is 10.0 Å². The highest BCUT2D eigenvalue weighted by atomic mass is 35.5. The van der Waals surface area contributed by atoms with Gasteiger partial charge in [0.15, 0.2) is 11.5 Å². The minimum absolute atomic E-state index is 0.192. The molecule has 0 saturated carbocycles. The predicted octanol–water partition coefficient (Wildman–Crippen LogP) is 6.15. The first-order valence-corrected chi connectivity index (χ1v) is 13.9. The Bertz CT molecular complexity index is 1590. The topological polar surface area (TPSA) is 60.8 Å². The number of benzene rings is 3. The van der Waals surface area contributed by atoms with E-state index in [0.717, 1.165) is 17.1 Å². The zero-order valence-electron chi connectivity index (χ0n) is 21.1. The maximum Gasteiger partial charge on any atom is 0.243 e. The van der Waals surface area contributed by atoms with Crippen LogP contribution in [-0.2, 0) is 16.6 Å². The van der Waals surface area contributed by atoms with Crippen molar-refractivity contribution >= 4 is 38.1 Å². The number of para-hydroxylation sites is 1. The van der Waals surface area contributed by atoms with E-state index in [0.29, 0.717) is 31.0 Å². The van der Waals surface area contributed by atoms with E-state index in [2.05, 4.69) is 35.8 Å². The monoisotopic (exact) mass is 536 g/mol. The highest BCUT2D eigenvalue weighted by Gasteiger charge is 2.29. The summed E-state index contributed by atoms with van der Waals surface area (Å²) >= 11 is 6.09. The summed E-state index contributed by atoms with van der Waals surface area (Å²) in [5, 5.41) is 1.90. The molecule has 6 nitrogen and oxygen atoms in total. The SMILES string of the molecule is COc1ccc(S(=O)(=O)N2CC=C(c3c(C)n(Cc4ccc(Cl)cc4)c4ccccc34)CC2)cc1OC. The van der Waals surface area contributed by atoms with Crippen LogP contribution in [0.25, 0.3) is 16.5 Å². The fourth-order valence-corrected chi connectivity index (χ4v) is 6.56. The summed E-state index contributed by atoms with van der Waals surface area (Å²) in [6.07, 6.45) is 2.67. The Morgan fingerprint density at radius 3 is 2.35 bits per heavy atom. The lowest BCUT2D eigenvalue weighted by Gasteiger charge is -2.26. The van der Waals surface area contributed by atoms with Crippen molar-refractivity contribution in [1.29, 1.82) is 0 Å². The molecule has 0 spiro atoms. The molecular weight excluding hydrogens is 508 g/mol. The Balaban J connectivity index is 1.46. The second-order valence-electron chi connectivity index (χ2n) is 9.05. The maximum absolute atomic E-state index is 13.4. The summed E-state index contributed by atoms with van der Waals surface area (Å²) in [5.41, 5.74) is 5.85. The lowest BCUT2D eigenvalue weighted by molar-refractivity contribution is 0.353. The molecule has 0 N–H and O–H groups in total. The average molecular weight is 537 g/mol. The van der Waals surface area contributed by atoms with Crippen LogP contribution in [0, 0.1) is 6.92 Å². The zero-order chi connectivity index (χ0) is 26.2. The van der Waals surface area contributed by atoms with E-state index in [9.17, 15) is 8.42 Å². The fraction of sp³-hybridized carbons (Fsp3) is 0.241. The van der Waals surface area contributed by atoms with E-state index in [4.69, 9.17) is 21.1 Å². The molecule has 192 valence electrons. The van der Waals surface area contributed by atoms with E-state index in [1.54, 1.807) is 12.1 Å². The van der Waals surface area contributed by atoms with Gasteiger partial charge in [0.1, 0.15) is 0 Å². The van der Waals surface area contributed by atoms with Crippen LogP contribution in [0.15, 0.2) is 77.7 Å². The van der Waals surface area contributed by atoms with Crippen molar-refractivity contribution in [1.82, 2.24) is 8.87 Å². The van der Waals surface area contributed by atoms with Gasteiger partial charge in [0.2, 0.25) is 10.0 Å². The first-order chi connectivity index (χ1) is 17.8. The van der Waals surface area contributed by atoms with Gasteiger partial charge in [0, 0.05) is 52.9 Å². The van der Waals surface area contributed by atoms with Crippen LogP contribution in [0.4, 0.5) is 0 Å². The van der Waals surface area contributed by atoms with Gasteiger partial charge >= 0.3 is 0 Å². The van der Waals surface area contributed by atoms with Crippen LogP contribution in [0.1, 0.15) is 23.2 Å². The van der Waals surface area contributed by atoms with E-state index in [1.165, 1.54) is 52.4 Å². The number of rotatable bonds is 7. The van der Waals surface area contributed by atoms with Crippen LogP contribution in [0.3, 0.4) is 0 Å². The third kappa shape index (κ3) is 4.75. The average Bonchev–Trinajstić information content (AvgIpc) is 3.20. The molecule has 0 fully saturated rings. The van der Waals surface area contributed by atoms with Crippen LogP contribution >= 0.6 is 11.6 Å². The van der Waals surface area contributed by atoms with Crippen molar-refractivity contribution in [2.24, 2.45) is 0 Å². The van der Waals surface area contributed by atoms with E-state index in [-0.39, 0.29) is 4.90 Å². The van der Waals surface area contributed by atoms with Crippen molar-refractivity contribution in [3.8, 4) is 11.5 Å². The van der Waals surface area contributed by atoms with E-state index >= 15 is 0 Å². The Hall–Kier alpha value is -3.26. The van der Waals surface area contributed by atoms with Crippen molar-refractivity contribution in [2.45, 2.75) is 24.8 Å². The number of hydrogen-bond donors (Lipinski definition) is 0. The van der Waals surface area contributed by atoms with Crippen LogP contribution in [0.2, 0.25) is 5.02 Å². The van der Waals surface area contributed by atoms with Gasteiger partial charge in [-0.15, -0.1) is 0 Å². The van der Waals surface area contributed by atoms with Crippen LogP contribution < -0.4 is 9.47 Å². The predicted molar refractivity (Wildman–Crippen MR) is 148 cm³/mol. The fourth-order valence-electron chi connectivity index (χ4n) is 5.03. The molecule has 1 aliphatic rings. The minimum Gasteiger partial charge on any atom is -0.493 e. The Morgan fingerprint density at radius 1 is 0.946 bits per heavy atom. The Kier molecular flexibility index (Phi) is 7.03. The highest BCUT2D eigenvalue weighted by Crippen LogP contribution is 2.36. The number of methoxy groups -OCH3 is 2. The molecule has 3 aromatic carbocycles. The summed E-state index contributed by atoms with van der Waals surface area (Å²) in [4.78, 5) is 0.192. The standard InChI is InChI=1S/C29H29ClN2O4S/c1-20-29(25-6-4-5-7-26(25)32(20)19-21-8-10-23(30)11-9-21)22-14-16-31(17-15-22)37(33,34)24-12-13-27(35-2)28(18-24)36-3/h4-14,18H,15-17,19H2,1-3H3. The number of sulfonamides is 1. The molecule has 5 rings (SSSR count). The zero-order valence-corrected chi connectivity index (χ0v) is 22.6. The third-order valence-electron chi connectivity index (χ3n) is 6.97. The van der Waals surface area contributed by atoms with Gasteiger partial charge in [-0.05, 0) is 54.8 Å². The number of fused-ring (bicyclic) bond motifs is 1. The van der Waals surface area contributed by atoms with Crippen molar-refractivity contribution in [3.63, 3.8) is 0 Å². The Labute approximate surface area is 222 Å². The molecule has 8 heteroatoms. The lowest BCUT2D eigenvalue weighted by atomic mass is 9.97. The molecule has 1 aliphatic heterocycles. The molecule has 0 saturated heterocycles. The normalized spacial score (nSPS) is 14.5. The molecule has 0 radical (unpaired) electrons. The van der Waals surface area contributed by atoms with Gasteiger partial charge in [-0.1, -0.05) is 48.0 Å². The van der Waals surface area contributed by atoms with Gasteiger partial charge in [0.05, 0.1) is 19.1 Å². The van der Waals surface area contributed by atoms with Crippen molar-refractivity contribution in [3.05, 3.63) is 94.6 Å². The summed E-state index contributed by atoms with van der Waals surface area (Å²) in [7, 11) is -0.659. The van der Waals surface area contributed by atoms with Gasteiger partial charge in [-0.3, -0.25) is 0 Å². The molecule has 0 amide bonds. The van der Waals surface area contributed by atoms with Crippen LogP contribution in [0.5, 0.6) is 11.5 Å². The molecule has 0 atom stereocenters. The summed E-state index contributed by atoms with van der Waals surface area (Å²) in [5.74, 6) is 0.883. The summed E-state index contributed by atoms with van der Waals surface area (Å²) < 4.78 is 41.2. The number of hydrogen-bond acceptors (Lipinski definition) is 4. The second-order valence-corrected chi connectivity index (χ2v) is 11.4. The molecule has 0 aliphatic carbocycles. The number of halogens is 1. The van der Waals surface area contributed by atoms with Crippen molar-refractivity contribution in [2.75, 3.05) is 27.3 Å². The number of ether oxygens (including phenoxy) is 2. The maximum atomic E-state index is 13.4. The number of nitrogens with zero attached hydrogens (tertiary/aromatic N) is 2. The van der Waals surface area contributed by atoms with Crippen molar-refractivity contribution < 1.29 is 17.9 Å². The molecule has 1 aromatic heterocycles. The molecule has 2 heterocycles. The molecule has 0 unspecified atom stereocenters. The summed E-state index contributed by atoms with van der Waals surface area (Å²) in [6.45, 7) is 3.58. The lowest BCUT2D eigenvalue weighted by Crippen LogP contribution is -2.34. The minimum atomic E-state index is -3.68. The first kappa shape index (κ1) is 25.4. The molecule has 4 aromatic rings. The van der Waals surface area contributed by atoms with Gasteiger partial charge in [-0.2, -0.15) is 4.31 Å². The quantitative estimate of drug-likeness (QED) is 0.284. The van der Waals surface area contributed by atoms with Crippen LogP contribution in [-0.4, -0.2) is 44.6 Å². The largest absolute Gasteiger partial charge is 0.493 e. The third-order valence-corrected chi connectivity index (χ3v) is 9.08. The smallest absolute Gasteiger partial charge is 0.243 e. The molecular formula is C29H29ClN2O4S. The van der Waals surface area contributed by atoms with Gasteiger partial charge < -0.3 is 14.0 Å². The van der Waals surface area contributed by atoms with Gasteiger partial charge in [0.25, 0.3) is 0 Å².